The third-order valence-corrected chi connectivity index (χ3v) is 3.07. The smallest absolute Gasteiger partial charge is 0.120 e. The van der Waals surface area contributed by atoms with Gasteiger partial charge in [0.15, 0.2) is 0 Å². The Labute approximate surface area is 93.8 Å². The maximum atomic E-state index is 10.4. The van der Waals surface area contributed by atoms with E-state index in [0.717, 1.165) is 21.8 Å². The second-order valence-electron chi connectivity index (χ2n) is 3.23. The molecule has 0 aromatic heterocycles. The van der Waals surface area contributed by atoms with Crippen LogP contribution in [0.25, 0.3) is 0 Å². The highest BCUT2D eigenvalue weighted by Crippen LogP contribution is 2.27. The molecule has 14 heavy (non-hydrogen) atoms. The molecule has 0 saturated heterocycles. The van der Waals surface area contributed by atoms with E-state index in [9.17, 15) is 4.79 Å². The van der Waals surface area contributed by atoms with E-state index < -0.39 is 0 Å². The van der Waals surface area contributed by atoms with Crippen LogP contribution in [-0.4, -0.2) is 12.5 Å². The van der Waals surface area contributed by atoms with E-state index in [1.54, 1.807) is 11.8 Å². The van der Waals surface area contributed by atoms with Crippen molar-refractivity contribution in [2.75, 3.05) is 6.26 Å². The van der Waals surface area contributed by atoms with Crippen molar-refractivity contribution in [1.82, 2.24) is 0 Å². The molecule has 1 aromatic rings. The molecule has 0 bridgehead atoms. The van der Waals surface area contributed by atoms with Gasteiger partial charge in [0.05, 0.1) is 0 Å². The molecule has 1 aromatic carbocycles. The molecule has 0 heterocycles. The van der Waals surface area contributed by atoms with Gasteiger partial charge in [-0.1, -0.05) is 18.5 Å². The van der Waals surface area contributed by atoms with Crippen molar-refractivity contribution in [2.24, 2.45) is 0 Å². The number of benzene rings is 1. The van der Waals surface area contributed by atoms with E-state index in [0.29, 0.717) is 6.42 Å². The number of thioether (sulfide) groups is 1. The first-order valence-corrected chi connectivity index (χ1v) is 6.05. The van der Waals surface area contributed by atoms with Crippen molar-refractivity contribution in [2.45, 2.75) is 24.2 Å². The van der Waals surface area contributed by atoms with Gasteiger partial charge in [0, 0.05) is 16.3 Å². The first-order chi connectivity index (χ1) is 6.67. The molecule has 0 saturated carbocycles. The molecule has 0 aliphatic rings. The van der Waals surface area contributed by atoms with Gasteiger partial charge in [0.25, 0.3) is 0 Å². The zero-order valence-corrected chi connectivity index (χ0v) is 9.86. The first kappa shape index (κ1) is 11.6. The molecule has 0 fully saturated rings. The SMILES string of the molecule is CSc1cc(Cl)cc(C(C)CC=O)c1. The summed E-state index contributed by atoms with van der Waals surface area (Å²) in [7, 11) is 0. The number of aldehydes is 1. The van der Waals surface area contributed by atoms with Crippen molar-refractivity contribution < 1.29 is 4.79 Å². The summed E-state index contributed by atoms with van der Waals surface area (Å²) in [6, 6.07) is 5.95. The molecule has 0 amide bonds. The van der Waals surface area contributed by atoms with Crippen LogP contribution in [0.2, 0.25) is 5.02 Å². The normalized spacial score (nSPS) is 12.5. The van der Waals surface area contributed by atoms with Gasteiger partial charge in [-0.2, -0.15) is 0 Å². The highest BCUT2D eigenvalue weighted by atomic mass is 35.5. The number of hydrogen-bond acceptors (Lipinski definition) is 2. The standard InChI is InChI=1S/C11H13ClOS/c1-8(3-4-13)9-5-10(12)7-11(6-9)14-2/h4-8H,3H2,1-2H3. The molecule has 1 nitrogen and oxygen atoms in total. The topological polar surface area (TPSA) is 17.1 Å². The minimum atomic E-state index is 0.247. The van der Waals surface area contributed by atoms with Gasteiger partial charge in [-0.15, -0.1) is 11.8 Å². The lowest BCUT2D eigenvalue weighted by Gasteiger charge is -2.10. The molecule has 0 aliphatic heterocycles. The van der Waals surface area contributed by atoms with E-state index in [1.807, 2.05) is 25.3 Å². The monoisotopic (exact) mass is 228 g/mol. The van der Waals surface area contributed by atoms with E-state index >= 15 is 0 Å². The molecule has 1 rings (SSSR count). The van der Waals surface area contributed by atoms with Crippen molar-refractivity contribution in [3.8, 4) is 0 Å². The summed E-state index contributed by atoms with van der Waals surface area (Å²) in [6.07, 6.45) is 3.51. The van der Waals surface area contributed by atoms with Crippen molar-refractivity contribution >= 4 is 29.6 Å². The van der Waals surface area contributed by atoms with E-state index in [2.05, 4.69) is 6.07 Å². The summed E-state index contributed by atoms with van der Waals surface area (Å²) in [5, 5.41) is 0.740. The summed E-state index contributed by atoms with van der Waals surface area (Å²) >= 11 is 7.63. The van der Waals surface area contributed by atoms with Gasteiger partial charge in [0.2, 0.25) is 0 Å². The molecule has 0 spiro atoms. The van der Waals surface area contributed by atoms with Crippen LogP contribution in [0.15, 0.2) is 23.1 Å². The minimum absolute atomic E-state index is 0.247. The Bertz CT molecular complexity index is 325. The predicted octanol–water partition coefficient (Wildman–Crippen LogP) is 3.75. The lowest BCUT2D eigenvalue weighted by Crippen LogP contribution is -1.94. The fourth-order valence-electron chi connectivity index (χ4n) is 1.27. The molecule has 3 heteroatoms. The largest absolute Gasteiger partial charge is 0.303 e. The molecule has 0 N–H and O–H groups in total. The number of halogens is 1. The summed E-state index contributed by atoms with van der Waals surface area (Å²) in [5.74, 6) is 0.247. The summed E-state index contributed by atoms with van der Waals surface area (Å²) in [6.45, 7) is 2.03. The number of carbonyl (C=O) groups is 1. The van der Waals surface area contributed by atoms with Crippen LogP contribution in [0.5, 0.6) is 0 Å². The Kier molecular flexibility index (Phi) is 4.49. The zero-order chi connectivity index (χ0) is 10.6. The minimum Gasteiger partial charge on any atom is -0.303 e. The molecule has 0 aliphatic carbocycles. The van der Waals surface area contributed by atoms with Crippen LogP contribution < -0.4 is 0 Å². The van der Waals surface area contributed by atoms with Gasteiger partial charge in [-0.25, -0.2) is 0 Å². The van der Waals surface area contributed by atoms with Crippen LogP contribution in [0.4, 0.5) is 0 Å². The van der Waals surface area contributed by atoms with Gasteiger partial charge in [0.1, 0.15) is 6.29 Å². The Hall–Kier alpha value is -0.470. The van der Waals surface area contributed by atoms with Crippen LogP contribution >= 0.6 is 23.4 Å². The van der Waals surface area contributed by atoms with Crippen molar-refractivity contribution in [3.63, 3.8) is 0 Å². The van der Waals surface area contributed by atoms with Gasteiger partial charge in [-0.05, 0) is 35.9 Å². The van der Waals surface area contributed by atoms with E-state index in [1.165, 1.54) is 0 Å². The van der Waals surface area contributed by atoms with Crippen molar-refractivity contribution in [1.29, 1.82) is 0 Å². The number of rotatable bonds is 4. The summed E-state index contributed by atoms with van der Waals surface area (Å²) in [5.41, 5.74) is 1.13. The predicted molar refractivity (Wildman–Crippen MR) is 62.3 cm³/mol. The highest BCUT2D eigenvalue weighted by Gasteiger charge is 2.06. The average Bonchev–Trinajstić information content (AvgIpc) is 2.17. The van der Waals surface area contributed by atoms with Crippen LogP contribution in [0.1, 0.15) is 24.8 Å². The Morgan fingerprint density at radius 2 is 2.21 bits per heavy atom. The second-order valence-corrected chi connectivity index (χ2v) is 4.54. The molecular formula is C11H13ClOS. The molecule has 0 radical (unpaired) electrons. The lowest BCUT2D eigenvalue weighted by atomic mass is 9.99. The van der Waals surface area contributed by atoms with E-state index in [4.69, 9.17) is 11.6 Å². The third-order valence-electron chi connectivity index (χ3n) is 2.15. The third kappa shape index (κ3) is 3.03. The Morgan fingerprint density at radius 3 is 2.79 bits per heavy atom. The zero-order valence-electron chi connectivity index (χ0n) is 8.29. The summed E-state index contributed by atoms with van der Waals surface area (Å²) in [4.78, 5) is 11.5. The lowest BCUT2D eigenvalue weighted by molar-refractivity contribution is -0.108. The van der Waals surface area contributed by atoms with Gasteiger partial charge in [-0.3, -0.25) is 0 Å². The van der Waals surface area contributed by atoms with Crippen LogP contribution in [0, 0.1) is 0 Å². The Morgan fingerprint density at radius 1 is 1.50 bits per heavy atom. The molecular weight excluding hydrogens is 216 g/mol. The van der Waals surface area contributed by atoms with E-state index in [-0.39, 0.29) is 5.92 Å². The van der Waals surface area contributed by atoms with Gasteiger partial charge < -0.3 is 4.79 Å². The molecule has 76 valence electrons. The van der Waals surface area contributed by atoms with Gasteiger partial charge >= 0.3 is 0 Å². The second kappa shape index (κ2) is 5.42. The quantitative estimate of drug-likeness (QED) is 0.577. The maximum Gasteiger partial charge on any atom is 0.120 e. The highest BCUT2D eigenvalue weighted by molar-refractivity contribution is 7.98. The molecule has 1 unspecified atom stereocenters. The molecule has 1 atom stereocenters. The maximum absolute atomic E-state index is 10.4. The first-order valence-electron chi connectivity index (χ1n) is 4.45. The number of hydrogen-bond donors (Lipinski definition) is 0. The fourth-order valence-corrected chi connectivity index (χ4v) is 2.07. The average molecular weight is 229 g/mol. The Balaban J connectivity index is 2.96. The van der Waals surface area contributed by atoms with Crippen LogP contribution in [0.3, 0.4) is 0 Å². The van der Waals surface area contributed by atoms with Crippen molar-refractivity contribution in [3.05, 3.63) is 28.8 Å². The number of carbonyl (C=O) groups excluding carboxylic acids is 1. The van der Waals surface area contributed by atoms with Crippen LogP contribution in [-0.2, 0) is 4.79 Å². The fraction of sp³-hybridized carbons (Fsp3) is 0.364. The summed E-state index contributed by atoms with van der Waals surface area (Å²) < 4.78 is 0.